The lowest BCUT2D eigenvalue weighted by atomic mass is 9.93. The Morgan fingerprint density at radius 1 is 0.955 bits per heavy atom. The van der Waals surface area contributed by atoms with Crippen molar-refractivity contribution in [3.05, 3.63) is 59.8 Å². The van der Waals surface area contributed by atoms with Crippen LogP contribution in [-0.2, 0) is 6.54 Å². The maximum atomic E-state index is 12.8. The Hall–Kier alpha value is -4.34. The Labute approximate surface area is 260 Å². The molecule has 0 saturated carbocycles. The largest absolute Gasteiger partial charge is 0.494 e. The van der Waals surface area contributed by atoms with E-state index >= 15 is 0 Å². The highest BCUT2D eigenvalue weighted by Crippen LogP contribution is 2.23. The molecule has 0 atom stereocenters. The zero-order chi connectivity index (χ0) is 32.2. The Morgan fingerprint density at radius 2 is 1.66 bits per heavy atom. The summed E-state index contributed by atoms with van der Waals surface area (Å²) in [5, 5.41) is 20.6. The molecule has 0 radical (unpaired) electrons. The van der Waals surface area contributed by atoms with Crippen molar-refractivity contribution in [3.63, 3.8) is 0 Å². The standard InChI is InChI=1S/C28H33BrF3N7O5/c1-27(2,16-36-26(41)42)15-35-24(40)19-6-9-21(34-14-19)37-23-12-22(38-25(39-23)44-17-28(30,31)32)33-13-18-4-7-20(8-5-18)43-11-3-10-29/h4-9,12,14,36H,3,10-11,13,15-17H2,1-2H3,(H,35,40)(H,41,42)(H2,33,34,37,38,39). The van der Waals surface area contributed by atoms with Gasteiger partial charge in [-0.3, -0.25) is 4.79 Å². The van der Waals surface area contributed by atoms with Gasteiger partial charge in [-0.15, -0.1) is 0 Å². The van der Waals surface area contributed by atoms with Gasteiger partial charge in [0.1, 0.15) is 23.2 Å². The number of rotatable bonds is 16. The van der Waals surface area contributed by atoms with Gasteiger partial charge in [0.2, 0.25) is 0 Å². The van der Waals surface area contributed by atoms with E-state index in [0.29, 0.717) is 13.2 Å². The molecule has 0 aliphatic rings. The molecule has 5 N–H and O–H groups in total. The predicted molar refractivity (Wildman–Crippen MR) is 161 cm³/mol. The summed E-state index contributed by atoms with van der Waals surface area (Å²) in [5.74, 6) is 0.872. The van der Waals surface area contributed by atoms with Crippen LogP contribution in [0.3, 0.4) is 0 Å². The van der Waals surface area contributed by atoms with Gasteiger partial charge in [0.05, 0.1) is 12.2 Å². The van der Waals surface area contributed by atoms with Crippen LogP contribution in [0.1, 0.15) is 36.2 Å². The lowest BCUT2D eigenvalue weighted by Gasteiger charge is -2.24. The number of ether oxygens (including phenoxy) is 2. The fourth-order valence-corrected chi connectivity index (χ4v) is 3.69. The Kier molecular flexibility index (Phi) is 12.4. The molecule has 16 heteroatoms. The number of carbonyl (C=O) groups is 2. The number of alkyl halides is 4. The summed E-state index contributed by atoms with van der Waals surface area (Å²) >= 11 is 3.35. The molecule has 0 spiro atoms. The van der Waals surface area contributed by atoms with Gasteiger partial charge in [0.15, 0.2) is 6.61 Å². The average molecular weight is 685 g/mol. The third kappa shape index (κ3) is 12.5. The van der Waals surface area contributed by atoms with Crippen LogP contribution in [0.15, 0.2) is 48.7 Å². The summed E-state index contributed by atoms with van der Waals surface area (Å²) in [4.78, 5) is 35.5. The summed E-state index contributed by atoms with van der Waals surface area (Å²) in [5.41, 5.74) is 0.593. The first-order chi connectivity index (χ1) is 20.8. The minimum Gasteiger partial charge on any atom is -0.494 e. The number of halogens is 4. The Morgan fingerprint density at radius 3 is 2.30 bits per heavy atom. The third-order valence-electron chi connectivity index (χ3n) is 5.74. The molecule has 2 aromatic heterocycles. The molecule has 2 amide bonds. The molecule has 0 aliphatic heterocycles. The van der Waals surface area contributed by atoms with E-state index in [0.717, 1.165) is 23.1 Å². The monoisotopic (exact) mass is 683 g/mol. The second kappa shape index (κ2) is 15.9. The van der Waals surface area contributed by atoms with Crippen molar-refractivity contribution in [2.24, 2.45) is 5.41 Å². The Balaban J connectivity index is 1.66. The van der Waals surface area contributed by atoms with Crippen LogP contribution in [0, 0.1) is 5.41 Å². The first kappa shape index (κ1) is 34.2. The highest BCUT2D eigenvalue weighted by Gasteiger charge is 2.29. The summed E-state index contributed by atoms with van der Waals surface area (Å²) in [6.45, 7) is 3.26. The molecule has 3 rings (SSSR count). The lowest BCUT2D eigenvalue weighted by Crippen LogP contribution is -2.41. The van der Waals surface area contributed by atoms with E-state index in [4.69, 9.17) is 14.6 Å². The number of nitrogens with zero attached hydrogens (tertiary/aromatic N) is 3. The topological polar surface area (TPSA) is 160 Å². The molecular weight excluding hydrogens is 651 g/mol. The molecule has 0 fully saturated rings. The van der Waals surface area contributed by atoms with Crippen molar-refractivity contribution in [2.45, 2.75) is 33.0 Å². The van der Waals surface area contributed by atoms with E-state index in [1.807, 2.05) is 24.3 Å². The number of pyridine rings is 1. The molecule has 3 aromatic rings. The number of hydrogen-bond acceptors (Lipinski definition) is 9. The second-order valence-electron chi connectivity index (χ2n) is 10.3. The smallest absolute Gasteiger partial charge is 0.422 e. The van der Waals surface area contributed by atoms with Gasteiger partial charge in [0.25, 0.3) is 5.91 Å². The number of carbonyl (C=O) groups excluding carboxylic acids is 1. The number of carboxylic acid groups (broad SMARTS) is 1. The van der Waals surface area contributed by atoms with Crippen LogP contribution in [0.5, 0.6) is 11.8 Å². The van der Waals surface area contributed by atoms with Crippen molar-refractivity contribution in [1.82, 2.24) is 25.6 Å². The van der Waals surface area contributed by atoms with Crippen molar-refractivity contribution in [1.29, 1.82) is 0 Å². The first-order valence-corrected chi connectivity index (χ1v) is 14.5. The fourth-order valence-electron chi connectivity index (χ4n) is 3.46. The normalized spacial score (nSPS) is 11.4. The van der Waals surface area contributed by atoms with Crippen molar-refractivity contribution < 1.29 is 37.3 Å². The lowest BCUT2D eigenvalue weighted by molar-refractivity contribution is -0.154. The highest BCUT2D eigenvalue weighted by molar-refractivity contribution is 9.09. The maximum Gasteiger partial charge on any atom is 0.422 e. The molecule has 12 nitrogen and oxygen atoms in total. The van der Waals surface area contributed by atoms with Gasteiger partial charge in [-0.25, -0.2) is 9.78 Å². The number of hydrogen-bond donors (Lipinski definition) is 5. The Bertz CT molecular complexity index is 1380. The second-order valence-corrected chi connectivity index (χ2v) is 11.1. The van der Waals surface area contributed by atoms with Gasteiger partial charge in [0, 0.05) is 37.2 Å². The highest BCUT2D eigenvalue weighted by atomic mass is 79.9. The molecule has 0 bridgehead atoms. The number of amides is 2. The van der Waals surface area contributed by atoms with Gasteiger partial charge >= 0.3 is 18.3 Å². The number of aromatic nitrogens is 3. The molecule has 0 saturated heterocycles. The molecular formula is C28H33BrF3N7O5. The molecule has 1 aromatic carbocycles. The van der Waals surface area contributed by atoms with Gasteiger partial charge in [-0.1, -0.05) is 41.9 Å². The molecule has 0 aliphatic carbocycles. The van der Waals surface area contributed by atoms with Crippen LogP contribution in [0.4, 0.5) is 35.4 Å². The van der Waals surface area contributed by atoms with Gasteiger partial charge in [-0.05, 0) is 41.7 Å². The van der Waals surface area contributed by atoms with Crippen LogP contribution in [-0.4, -0.2) is 69.9 Å². The molecule has 2 heterocycles. The van der Waals surface area contributed by atoms with E-state index in [1.54, 1.807) is 13.8 Å². The van der Waals surface area contributed by atoms with Gasteiger partial charge in [-0.2, -0.15) is 23.1 Å². The van der Waals surface area contributed by atoms with Gasteiger partial charge < -0.3 is 35.8 Å². The average Bonchev–Trinajstić information content (AvgIpc) is 2.98. The molecule has 0 unspecified atom stereocenters. The minimum atomic E-state index is -4.58. The van der Waals surface area contributed by atoms with Crippen LogP contribution >= 0.6 is 15.9 Å². The molecule has 44 heavy (non-hydrogen) atoms. The van der Waals surface area contributed by atoms with Crippen LogP contribution in [0.25, 0.3) is 0 Å². The predicted octanol–water partition coefficient (Wildman–Crippen LogP) is 5.36. The minimum absolute atomic E-state index is 0.104. The van der Waals surface area contributed by atoms with E-state index < -0.39 is 36.2 Å². The van der Waals surface area contributed by atoms with E-state index in [2.05, 4.69) is 52.1 Å². The van der Waals surface area contributed by atoms with Crippen LogP contribution in [0.2, 0.25) is 0 Å². The summed E-state index contributed by atoms with van der Waals surface area (Å²) in [6.07, 6.45) is -3.55. The first-order valence-electron chi connectivity index (χ1n) is 13.4. The fraction of sp³-hybridized carbons (Fsp3) is 0.393. The number of anilines is 3. The van der Waals surface area contributed by atoms with Crippen LogP contribution < -0.4 is 30.7 Å². The van der Waals surface area contributed by atoms with Crippen molar-refractivity contribution in [3.8, 4) is 11.8 Å². The quantitative estimate of drug-likeness (QED) is 0.0983. The van der Waals surface area contributed by atoms with E-state index in [9.17, 15) is 22.8 Å². The third-order valence-corrected chi connectivity index (χ3v) is 6.30. The summed E-state index contributed by atoms with van der Waals surface area (Å²) < 4.78 is 48.8. The number of benzene rings is 1. The zero-order valence-electron chi connectivity index (χ0n) is 24.0. The summed E-state index contributed by atoms with van der Waals surface area (Å²) in [7, 11) is 0. The van der Waals surface area contributed by atoms with Crippen molar-refractivity contribution >= 4 is 45.4 Å². The zero-order valence-corrected chi connectivity index (χ0v) is 25.6. The maximum absolute atomic E-state index is 12.8. The summed E-state index contributed by atoms with van der Waals surface area (Å²) in [6, 6.07) is 11.3. The van der Waals surface area contributed by atoms with Crippen molar-refractivity contribution in [2.75, 3.05) is 42.3 Å². The van der Waals surface area contributed by atoms with E-state index in [-0.39, 0.29) is 36.1 Å². The van der Waals surface area contributed by atoms with E-state index in [1.165, 1.54) is 24.4 Å². The molecule has 238 valence electrons. The number of nitrogens with one attached hydrogen (secondary N) is 4. The SMILES string of the molecule is CC(C)(CNC(=O)O)CNC(=O)c1ccc(Nc2cc(NCc3ccc(OCCCBr)cc3)nc(OCC(F)(F)F)n2)nc1.